The molecule has 0 aromatic heterocycles. The molecule has 0 spiro atoms. The molecule has 0 radical (unpaired) electrons. The molecule has 1 N–H and O–H groups in total. The third-order valence-corrected chi connectivity index (χ3v) is 2.70. The van der Waals surface area contributed by atoms with Crippen molar-refractivity contribution < 1.29 is 13.0 Å². The molecular formula is C7H7ClO3S. The van der Waals surface area contributed by atoms with Crippen molar-refractivity contribution in [3.63, 3.8) is 0 Å². The second-order valence-corrected chi connectivity index (χ2v) is 4.21. The number of aryl methyl sites for hydroxylation is 1. The minimum Gasteiger partial charge on any atom is -0.282 e. The highest BCUT2D eigenvalue weighted by Gasteiger charge is 2.09. The van der Waals surface area contributed by atoms with E-state index in [1.165, 1.54) is 18.2 Å². The van der Waals surface area contributed by atoms with Gasteiger partial charge in [-0.2, -0.15) is 8.42 Å². The zero-order valence-electron chi connectivity index (χ0n) is 6.28. The SMILES string of the molecule is Cc1ccc(S(=O)(=O)O)cc1Cl. The molecule has 0 aliphatic carbocycles. The van der Waals surface area contributed by atoms with E-state index in [0.717, 1.165) is 5.56 Å². The highest BCUT2D eigenvalue weighted by molar-refractivity contribution is 7.85. The number of benzene rings is 1. The van der Waals surface area contributed by atoms with Gasteiger partial charge >= 0.3 is 0 Å². The van der Waals surface area contributed by atoms with E-state index in [4.69, 9.17) is 16.2 Å². The summed E-state index contributed by atoms with van der Waals surface area (Å²) in [6, 6.07) is 4.05. The van der Waals surface area contributed by atoms with Crippen LogP contribution in [0.3, 0.4) is 0 Å². The van der Waals surface area contributed by atoms with Crippen LogP contribution in [0.4, 0.5) is 0 Å². The van der Waals surface area contributed by atoms with Crippen molar-refractivity contribution >= 4 is 21.7 Å². The monoisotopic (exact) mass is 206 g/mol. The highest BCUT2D eigenvalue weighted by atomic mass is 35.5. The maximum atomic E-state index is 10.6. The number of hydrogen-bond donors (Lipinski definition) is 1. The van der Waals surface area contributed by atoms with Gasteiger partial charge in [-0.3, -0.25) is 4.55 Å². The van der Waals surface area contributed by atoms with Crippen LogP contribution in [0.2, 0.25) is 5.02 Å². The second kappa shape index (κ2) is 3.05. The molecule has 0 bridgehead atoms. The van der Waals surface area contributed by atoms with Crippen LogP contribution >= 0.6 is 11.6 Å². The van der Waals surface area contributed by atoms with Gasteiger partial charge in [0.05, 0.1) is 4.90 Å². The van der Waals surface area contributed by atoms with E-state index in [9.17, 15) is 8.42 Å². The van der Waals surface area contributed by atoms with Crippen LogP contribution < -0.4 is 0 Å². The number of hydrogen-bond acceptors (Lipinski definition) is 2. The van der Waals surface area contributed by atoms with Crippen LogP contribution in [-0.2, 0) is 10.1 Å². The van der Waals surface area contributed by atoms with Gasteiger partial charge in [0.1, 0.15) is 0 Å². The standard InChI is InChI=1S/C7H7ClO3S/c1-5-2-3-6(4-7(5)8)12(9,10)11/h2-4H,1H3,(H,9,10,11). The molecule has 0 saturated carbocycles. The average molecular weight is 207 g/mol. The molecular weight excluding hydrogens is 200 g/mol. The summed E-state index contributed by atoms with van der Waals surface area (Å²) in [5.41, 5.74) is 0.768. The van der Waals surface area contributed by atoms with Crippen LogP contribution in [0, 0.1) is 6.92 Å². The van der Waals surface area contributed by atoms with Gasteiger partial charge in [0.2, 0.25) is 0 Å². The Morgan fingerprint density at radius 3 is 2.42 bits per heavy atom. The third kappa shape index (κ3) is 1.97. The van der Waals surface area contributed by atoms with Crippen molar-refractivity contribution in [1.82, 2.24) is 0 Å². The van der Waals surface area contributed by atoms with Gasteiger partial charge in [0.15, 0.2) is 0 Å². The van der Waals surface area contributed by atoms with Crippen LogP contribution in [0.1, 0.15) is 5.56 Å². The predicted molar refractivity (Wildman–Crippen MR) is 46.0 cm³/mol. The normalized spacial score (nSPS) is 11.6. The Balaban J connectivity index is 3.33. The molecule has 0 fully saturated rings. The van der Waals surface area contributed by atoms with Gasteiger partial charge < -0.3 is 0 Å². The molecule has 1 aromatic carbocycles. The molecule has 5 heteroatoms. The Morgan fingerprint density at radius 1 is 1.42 bits per heavy atom. The molecule has 0 amide bonds. The molecule has 0 aliphatic rings. The van der Waals surface area contributed by atoms with Crippen LogP contribution in [0.15, 0.2) is 23.1 Å². The van der Waals surface area contributed by atoms with Crippen molar-refractivity contribution in [2.24, 2.45) is 0 Å². The van der Waals surface area contributed by atoms with Gasteiger partial charge in [-0.15, -0.1) is 0 Å². The lowest BCUT2D eigenvalue weighted by atomic mass is 10.2. The van der Waals surface area contributed by atoms with Crippen molar-refractivity contribution in [3.8, 4) is 0 Å². The van der Waals surface area contributed by atoms with E-state index in [2.05, 4.69) is 0 Å². The third-order valence-electron chi connectivity index (χ3n) is 1.44. The molecule has 66 valence electrons. The minimum absolute atomic E-state index is 0.182. The molecule has 3 nitrogen and oxygen atoms in total. The first kappa shape index (κ1) is 9.51. The first-order chi connectivity index (χ1) is 5.41. The van der Waals surface area contributed by atoms with E-state index in [0.29, 0.717) is 5.02 Å². The first-order valence-corrected chi connectivity index (χ1v) is 4.97. The highest BCUT2D eigenvalue weighted by Crippen LogP contribution is 2.19. The van der Waals surface area contributed by atoms with E-state index in [1.807, 2.05) is 0 Å². The summed E-state index contributed by atoms with van der Waals surface area (Å²) in [4.78, 5) is -0.182. The number of rotatable bonds is 1. The van der Waals surface area contributed by atoms with E-state index in [1.54, 1.807) is 6.92 Å². The Morgan fingerprint density at radius 2 is 2.00 bits per heavy atom. The van der Waals surface area contributed by atoms with Crippen LogP contribution in [-0.4, -0.2) is 13.0 Å². The van der Waals surface area contributed by atoms with Gasteiger partial charge in [-0.1, -0.05) is 17.7 Å². The van der Waals surface area contributed by atoms with Gasteiger partial charge in [0, 0.05) is 5.02 Å². The zero-order chi connectivity index (χ0) is 9.35. The lowest BCUT2D eigenvalue weighted by Crippen LogP contribution is -1.97. The Hall–Kier alpha value is -0.580. The summed E-state index contributed by atoms with van der Waals surface area (Å²) in [5.74, 6) is 0. The summed E-state index contributed by atoms with van der Waals surface area (Å²) < 4.78 is 29.8. The number of halogens is 1. The second-order valence-electron chi connectivity index (χ2n) is 2.39. The topological polar surface area (TPSA) is 54.4 Å². The molecule has 0 saturated heterocycles. The summed E-state index contributed by atoms with van der Waals surface area (Å²) in [6.45, 7) is 1.75. The largest absolute Gasteiger partial charge is 0.294 e. The molecule has 1 aromatic rings. The zero-order valence-corrected chi connectivity index (χ0v) is 7.85. The van der Waals surface area contributed by atoms with Crippen molar-refractivity contribution in [2.75, 3.05) is 0 Å². The van der Waals surface area contributed by atoms with Crippen LogP contribution in [0.25, 0.3) is 0 Å². The fraction of sp³-hybridized carbons (Fsp3) is 0.143. The Labute approximate surface area is 75.7 Å². The summed E-state index contributed by atoms with van der Waals surface area (Å²) in [7, 11) is -4.13. The van der Waals surface area contributed by atoms with Crippen molar-refractivity contribution in [2.45, 2.75) is 11.8 Å². The lowest BCUT2D eigenvalue weighted by Gasteiger charge is -1.99. The maximum Gasteiger partial charge on any atom is 0.294 e. The lowest BCUT2D eigenvalue weighted by molar-refractivity contribution is 0.483. The molecule has 0 aliphatic heterocycles. The minimum atomic E-state index is -4.13. The predicted octanol–water partition coefficient (Wildman–Crippen LogP) is 1.90. The summed E-state index contributed by atoms with van der Waals surface area (Å²) >= 11 is 5.64. The molecule has 1 rings (SSSR count). The maximum absolute atomic E-state index is 10.6. The first-order valence-electron chi connectivity index (χ1n) is 3.15. The van der Waals surface area contributed by atoms with Crippen molar-refractivity contribution in [1.29, 1.82) is 0 Å². The fourth-order valence-corrected chi connectivity index (χ4v) is 1.49. The molecule has 12 heavy (non-hydrogen) atoms. The van der Waals surface area contributed by atoms with E-state index < -0.39 is 10.1 Å². The summed E-state index contributed by atoms with van der Waals surface area (Å²) in [5, 5.41) is 0.324. The van der Waals surface area contributed by atoms with Gasteiger partial charge in [-0.05, 0) is 24.6 Å². The van der Waals surface area contributed by atoms with Crippen molar-refractivity contribution in [3.05, 3.63) is 28.8 Å². The molecule has 0 unspecified atom stereocenters. The fourth-order valence-electron chi connectivity index (χ4n) is 0.734. The molecule has 0 heterocycles. The van der Waals surface area contributed by atoms with Crippen LogP contribution in [0.5, 0.6) is 0 Å². The van der Waals surface area contributed by atoms with E-state index in [-0.39, 0.29) is 4.90 Å². The van der Waals surface area contributed by atoms with E-state index >= 15 is 0 Å². The quantitative estimate of drug-likeness (QED) is 0.714. The van der Waals surface area contributed by atoms with Gasteiger partial charge in [0.25, 0.3) is 10.1 Å². The van der Waals surface area contributed by atoms with Gasteiger partial charge in [-0.25, -0.2) is 0 Å². The Bertz CT molecular complexity index is 397. The summed E-state index contributed by atoms with van der Waals surface area (Å²) in [6.07, 6.45) is 0. The average Bonchev–Trinajstić information content (AvgIpc) is 1.92. The Kier molecular flexibility index (Phi) is 2.41. The molecule has 0 atom stereocenters. The smallest absolute Gasteiger partial charge is 0.282 e.